The van der Waals surface area contributed by atoms with E-state index in [9.17, 15) is 8.42 Å². The van der Waals surface area contributed by atoms with E-state index in [1.165, 1.54) is 24.0 Å². The summed E-state index contributed by atoms with van der Waals surface area (Å²) in [6.07, 6.45) is 6.83. The number of hydrogen-bond donors (Lipinski definition) is 0. The zero-order valence-corrected chi connectivity index (χ0v) is 21.2. The first-order chi connectivity index (χ1) is 15.9. The Hall–Kier alpha value is -1.83. The van der Waals surface area contributed by atoms with Gasteiger partial charge >= 0.3 is 0 Å². The number of rotatable bonds is 6. The van der Waals surface area contributed by atoms with Crippen LogP contribution in [0.4, 0.5) is 0 Å². The number of nitrogens with zero attached hydrogens (tertiary/aromatic N) is 3. The molecule has 1 aromatic heterocycles. The van der Waals surface area contributed by atoms with Crippen LogP contribution in [0.15, 0.2) is 52.5 Å². The van der Waals surface area contributed by atoms with Gasteiger partial charge in [0, 0.05) is 24.9 Å². The molecular weight excluding hydrogens is 450 g/mol. The van der Waals surface area contributed by atoms with Gasteiger partial charge in [0.2, 0.25) is 10.0 Å². The molecule has 3 aromatic rings. The number of benzene rings is 2. The molecule has 1 aliphatic carbocycles. The highest BCUT2D eigenvalue weighted by atomic mass is 32.2. The monoisotopic (exact) mass is 483 g/mol. The van der Waals surface area contributed by atoms with Crippen molar-refractivity contribution in [1.29, 1.82) is 0 Å². The van der Waals surface area contributed by atoms with E-state index in [0.717, 1.165) is 47.6 Å². The fourth-order valence-corrected chi connectivity index (χ4v) is 7.84. The number of fused-ring (bicyclic) bond motifs is 1. The topological polar surface area (TPSA) is 55.2 Å². The molecule has 2 aliphatic rings. The highest BCUT2D eigenvalue weighted by Crippen LogP contribution is 2.38. The minimum absolute atomic E-state index is 0.371. The van der Waals surface area contributed by atoms with Crippen LogP contribution >= 0.6 is 11.8 Å². The van der Waals surface area contributed by atoms with Crippen molar-refractivity contribution in [2.24, 2.45) is 5.92 Å². The lowest BCUT2D eigenvalue weighted by atomic mass is 10.0. The number of aryl methyl sites for hydroxylation is 1. The van der Waals surface area contributed by atoms with Crippen LogP contribution in [0.3, 0.4) is 0 Å². The second kappa shape index (κ2) is 9.43. The molecule has 0 amide bonds. The van der Waals surface area contributed by atoms with Crippen molar-refractivity contribution in [2.75, 3.05) is 13.1 Å². The molecule has 0 radical (unpaired) electrons. The fraction of sp³-hybridized carbons (Fsp3) is 0.500. The van der Waals surface area contributed by atoms with Gasteiger partial charge in [-0.25, -0.2) is 13.4 Å². The standard InChI is InChI=1S/C26H33N3O2S2/c1-19-9-11-21(12-10-19)18-32-26-27-24-16-23(33(30,31)28-15-5-6-20(2)17-28)13-14-25(24)29(26)22-7-3-4-8-22/h9-14,16,20,22H,3-8,15,17-18H2,1-2H3/t20-/m0/s1. The maximum atomic E-state index is 13.3. The minimum Gasteiger partial charge on any atom is -0.316 e. The van der Waals surface area contributed by atoms with Gasteiger partial charge in [-0.2, -0.15) is 4.31 Å². The molecule has 1 saturated carbocycles. The van der Waals surface area contributed by atoms with E-state index in [1.807, 2.05) is 6.07 Å². The molecule has 176 valence electrons. The molecule has 2 aromatic carbocycles. The van der Waals surface area contributed by atoms with Gasteiger partial charge in [0.05, 0.1) is 15.9 Å². The molecule has 2 heterocycles. The number of aromatic nitrogens is 2. The highest BCUT2D eigenvalue weighted by molar-refractivity contribution is 7.98. The smallest absolute Gasteiger partial charge is 0.243 e. The number of piperidine rings is 1. The number of imidazole rings is 1. The highest BCUT2D eigenvalue weighted by Gasteiger charge is 2.30. The normalized spacial score (nSPS) is 20.6. The third-order valence-electron chi connectivity index (χ3n) is 7.06. The Morgan fingerprint density at radius 3 is 2.52 bits per heavy atom. The van der Waals surface area contributed by atoms with Crippen molar-refractivity contribution in [3.05, 3.63) is 53.6 Å². The van der Waals surface area contributed by atoms with Gasteiger partial charge in [-0.1, -0.05) is 61.4 Å². The van der Waals surface area contributed by atoms with E-state index in [0.29, 0.717) is 29.9 Å². The van der Waals surface area contributed by atoms with Crippen molar-refractivity contribution in [3.8, 4) is 0 Å². The maximum Gasteiger partial charge on any atom is 0.243 e. The third-order valence-corrected chi connectivity index (χ3v) is 9.95. The number of sulfonamides is 1. The molecule has 33 heavy (non-hydrogen) atoms. The zero-order chi connectivity index (χ0) is 23.0. The molecule has 2 fully saturated rings. The first-order valence-corrected chi connectivity index (χ1v) is 14.5. The van der Waals surface area contributed by atoms with Gasteiger partial charge < -0.3 is 4.57 Å². The Balaban J connectivity index is 1.48. The molecule has 0 N–H and O–H groups in total. The average molecular weight is 484 g/mol. The molecule has 0 spiro atoms. The van der Waals surface area contributed by atoms with E-state index >= 15 is 0 Å². The van der Waals surface area contributed by atoms with Crippen LogP contribution in [0.2, 0.25) is 0 Å². The van der Waals surface area contributed by atoms with Crippen LogP contribution in [0.1, 0.15) is 62.6 Å². The summed E-state index contributed by atoms with van der Waals surface area (Å²) in [7, 11) is -3.49. The third kappa shape index (κ3) is 4.73. The number of thioether (sulfide) groups is 1. The zero-order valence-electron chi connectivity index (χ0n) is 19.5. The number of hydrogen-bond acceptors (Lipinski definition) is 4. The molecule has 0 bridgehead atoms. The summed E-state index contributed by atoms with van der Waals surface area (Å²) in [6.45, 7) is 5.45. The van der Waals surface area contributed by atoms with E-state index in [-0.39, 0.29) is 0 Å². The SMILES string of the molecule is Cc1ccc(CSc2nc3cc(S(=O)(=O)N4CCC[C@H](C)C4)ccc3n2C2CCCC2)cc1. The predicted molar refractivity (Wildman–Crippen MR) is 135 cm³/mol. The first-order valence-electron chi connectivity index (χ1n) is 12.1. The van der Waals surface area contributed by atoms with Crippen molar-refractivity contribution in [3.63, 3.8) is 0 Å². The largest absolute Gasteiger partial charge is 0.316 e. The summed E-state index contributed by atoms with van der Waals surface area (Å²) in [4.78, 5) is 5.34. The van der Waals surface area contributed by atoms with E-state index < -0.39 is 10.0 Å². The minimum atomic E-state index is -3.49. The summed E-state index contributed by atoms with van der Waals surface area (Å²) in [5, 5.41) is 0.999. The molecule has 7 heteroatoms. The summed E-state index contributed by atoms with van der Waals surface area (Å²) in [5.74, 6) is 1.26. The van der Waals surface area contributed by atoms with Gasteiger partial charge in [0.25, 0.3) is 0 Å². The Morgan fingerprint density at radius 1 is 1.03 bits per heavy atom. The average Bonchev–Trinajstić information content (AvgIpc) is 3.45. The molecule has 1 atom stereocenters. The second-order valence-corrected chi connectivity index (χ2v) is 12.6. The summed E-state index contributed by atoms with van der Waals surface area (Å²) in [5.41, 5.74) is 4.38. The second-order valence-electron chi connectivity index (χ2n) is 9.74. The Kier molecular flexibility index (Phi) is 6.56. The molecule has 1 saturated heterocycles. The summed E-state index contributed by atoms with van der Waals surface area (Å²) < 4.78 is 30.7. The Morgan fingerprint density at radius 2 is 1.79 bits per heavy atom. The van der Waals surface area contributed by atoms with Crippen LogP contribution in [-0.4, -0.2) is 35.4 Å². The van der Waals surface area contributed by atoms with Crippen molar-refractivity contribution < 1.29 is 8.42 Å². The van der Waals surface area contributed by atoms with Crippen molar-refractivity contribution in [1.82, 2.24) is 13.9 Å². The Bertz CT molecular complexity index is 1230. The maximum absolute atomic E-state index is 13.3. The van der Waals surface area contributed by atoms with Crippen LogP contribution in [0.5, 0.6) is 0 Å². The van der Waals surface area contributed by atoms with Crippen LogP contribution in [0, 0.1) is 12.8 Å². The molecule has 0 unspecified atom stereocenters. The predicted octanol–water partition coefficient (Wildman–Crippen LogP) is 6.17. The van der Waals surface area contributed by atoms with Crippen LogP contribution < -0.4 is 0 Å². The molecule has 5 rings (SSSR count). The van der Waals surface area contributed by atoms with Crippen LogP contribution in [0.25, 0.3) is 11.0 Å². The van der Waals surface area contributed by atoms with E-state index in [2.05, 4.69) is 42.7 Å². The molecule has 5 nitrogen and oxygen atoms in total. The van der Waals surface area contributed by atoms with Gasteiger partial charge in [-0.05, 0) is 62.3 Å². The Labute approximate surface area is 201 Å². The quantitative estimate of drug-likeness (QED) is 0.393. The fourth-order valence-electron chi connectivity index (χ4n) is 5.18. The lowest BCUT2D eigenvalue weighted by Crippen LogP contribution is -2.39. The lowest BCUT2D eigenvalue weighted by molar-refractivity contribution is 0.281. The van der Waals surface area contributed by atoms with Gasteiger partial charge in [-0.3, -0.25) is 0 Å². The van der Waals surface area contributed by atoms with Crippen molar-refractivity contribution >= 4 is 32.8 Å². The van der Waals surface area contributed by atoms with Crippen LogP contribution in [-0.2, 0) is 15.8 Å². The summed E-state index contributed by atoms with van der Waals surface area (Å²) in [6, 6.07) is 14.7. The molecule has 1 aliphatic heterocycles. The van der Waals surface area contributed by atoms with E-state index in [4.69, 9.17) is 4.98 Å². The first kappa shape index (κ1) is 22.9. The lowest BCUT2D eigenvalue weighted by Gasteiger charge is -2.30. The van der Waals surface area contributed by atoms with Gasteiger partial charge in [-0.15, -0.1) is 0 Å². The van der Waals surface area contributed by atoms with Gasteiger partial charge in [0.1, 0.15) is 0 Å². The molecular formula is C26H33N3O2S2. The van der Waals surface area contributed by atoms with Crippen molar-refractivity contribution in [2.45, 2.75) is 74.2 Å². The van der Waals surface area contributed by atoms with E-state index in [1.54, 1.807) is 28.2 Å². The van der Waals surface area contributed by atoms with Gasteiger partial charge in [0.15, 0.2) is 5.16 Å². The summed E-state index contributed by atoms with van der Waals surface area (Å²) >= 11 is 1.75.